The zero-order chi connectivity index (χ0) is 25.2. The molecule has 0 amide bonds. The first-order valence-electron chi connectivity index (χ1n) is 12.3. The summed E-state index contributed by atoms with van der Waals surface area (Å²) in [6.45, 7) is 27.9. The van der Waals surface area contributed by atoms with Crippen LogP contribution in [0.4, 0.5) is 0 Å². The van der Waals surface area contributed by atoms with Crippen LogP contribution in [0.1, 0.15) is 69.8 Å². The van der Waals surface area contributed by atoms with E-state index < -0.39 is 16.5 Å². The van der Waals surface area contributed by atoms with Gasteiger partial charge in [-0.3, -0.25) is 0 Å². The Balaban J connectivity index is 2.56. The van der Waals surface area contributed by atoms with E-state index in [4.69, 9.17) is 0 Å². The van der Waals surface area contributed by atoms with Gasteiger partial charge in [0.2, 0.25) is 0 Å². The Kier molecular flexibility index (Phi) is 8.31. The SMILES string of the molecule is CC(C)(C)c1ccc(/C(=C/C(N[Si](C)(C)C)c2ccc(C(C)(C)C)cc2)N[Si](C)(C)C)cc1. The Morgan fingerprint density at radius 1 is 0.667 bits per heavy atom. The van der Waals surface area contributed by atoms with Gasteiger partial charge in [-0.2, -0.15) is 0 Å². The van der Waals surface area contributed by atoms with E-state index >= 15 is 0 Å². The molecule has 0 saturated heterocycles. The van der Waals surface area contributed by atoms with E-state index in [1.165, 1.54) is 28.0 Å². The quantitative estimate of drug-likeness (QED) is 0.390. The molecular weight excluding hydrogens is 433 g/mol. The molecule has 0 aliphatic rings. The van der Waals surface area contributed by atoms with E-state index in [0.717, 1.165) is 0 Å². The fraction of sp³-hybridized carbons (Fsp3) is 0.517. The van der Waals surface area contributed by atoms with Gasteiger partial charge in [-0.25, -0.2) is 0 Å². The van der Waals surface area contributed by atoms with E-state index in [0.29, 0.717) is 0 Å². The van der Waals surface area contributed by atoms with Crippen molar-refractivity contribution in [2.24, 2.45) is 0 Å². The molecule has 0 fully saturated rings. The van der Waals surface area contributed by atoms with Crippen LogP contribution in [0.15, 0.2) is 54.6 Å². The fourth-order valence-corrected chi connectivity index (χ4v) is 6.03. The summed E-state index contributed by atoms with van der Waals surface area (Å²) in [5, 5.41) is 0. The van der Waals surface area contributed by atoms with Crippen LogP contribution in [0, 0.1) is 0 Å². The molecule has 1 atom stereocenters. The maximum Gasteiger partial charge on any atom is 0.144 e. The molecule has 2 nitrogen and oxygen atoms in total. The van der Waals surface area contributed by atoms with Crippen molar-refractivity contribution in [2.45, 2.75) is 97.7 Å². The summed E-state index contributed by atoms with van der Waals surface area (Å²) in [5.41, 5.74) is 6.89. The van der Waals surface area contributed by atoms with Gasteiger partial charge in [0.25, 0.3) is 0 Å². The summed E-state index contributed by atoms with van der Waals surface area (Å²) in [6.07, 6.45) is 2.43. The lowest BCUT2D eigenvalue weighted by molar-refractivity contribution is 0.589. The van der Waals surface area contributed by atoms with Gasteiger partial charge in [-0.1, -0.05) is 129 Å². The zero-order valence-corrected chi connectivity index (χ0v) is 25.3. The van der Waals surface area contributed by atoms with Crippen LogP contribution < -0.4 is 9.96 Å². The Morgan fingerprint density at radius 3 is 1.45 bits per heavy atom. The third-order valence-electron chi connectivity index (χ3n) is 5.63. The van der Waals surface area contributed by atoms with Crippen molar-refractivity contribution in [3.05, 3.63) is 76.9 Å². The minimum absolute atomic E-state index is 0.158. The Morgan fingerprint density at radius 2 is 1.09 bits per heavy atom. The standard InChI is InChI=1S/C29H48N2Si2/c1-28(2,3)24-17-13-22(14-18-24)26(30-32(7,8)9)21-27(31-33(10,11)12)23-15-19-25(20-16-23)29(4,5)6/h13-21,26,30-31H,1-12H3/b27-21-. The van der Waals surface area contributed by atoms with Gasteiger partial charge >= 0.3 is 0 Å². The fourth-order valence-electron chi connectivity index (χ4n) is 3.81. The summed E-state index contributed by atoms with van der Waals surface area (Å²) >= 11 is 0. The van der Waals surface area contributed by atoms with Gasteiger partial charge in [-0.15, -0.1) is 0 Å². The van der Waals surface area contributed by atoms with Gasteiger partial charge in [0.1, 0.15) is 16.5 Å². The normalized spacial score (nSPS) is 14.8. The highest BCUT2D eigenvalue weighted by Crippen LogP contribution is 2.28. The monoisotopic (exact) mass is 480 g/mol. The lowest BCUT2D eigenvalue weighted by atomic mass is 9.86. The molecule has 0 aromatic heterocycles. The van der Waals surface area contributed by atoms with Crippen molar-refractivity contribution < 1.29 is 0 Å². The number of hydrogen-bond acceptors (Lipinski definition) is 2. The molecule has 0 aliphatic heterocycles. The third-order valence-corrected chi connectivity index (χ3v) is 7.83. The first kappa shape index (κ1) is 27.6. The highest BCUT2D eigenvalue weighted by molar-refractivity contribution is 6.75. The lowest BCUT2D eigenvalue weighted by Gasteiger charge is -2.29. The second-order valence-electron chi connectivity index (χ2n) is 13.5. The summed E-state index contributed by atoms with van der Waals surface area (Å²) in [6, 6.07) is 18.5. The molecule has 182 valence electrons. The summed E-state index contributed by atoms with van der Waals surface area (Å²) < 4.78 is 0. The lowest BCUT2D eigenvalue weighted by Crippen LogP contribution is -2.44. The second-order valence-corrected chi connectivity index (χ2v) is 23.1. The van der Waals surface area contributed by atoms with Crippen molar-refractivity contribution in [2.75, 3.05) is 0 Å². The zero-order valence-electron chi connectivity index (χ0n) is 23.3. The molecular formula is C29H48N2Si2. The van der Waals surface area contributed by atoms with Crippen molar-refractivity contribution in [1.82, 2.24) is 9.96 Å². The maximum absolute atomic E-state index is 3.99. The molecule has 2 rings (SSSR count). The van der Waals surface area contributed by atoms with E-state index in [9.17, 15) is 0 Å². The van der Waals surface area contributed by atoms with Gasteiger partial charge in [0, 0.05) is 11.7 Å². The average Bonchev–Trinajstić information content (AvgIpc) is 2.63. The van der Waals surface area contributed by atoms with Crippen LogP contribution in [0.2, 0.25) is 39.3 Å². The Labute approximate surface area is 206 Å². The van der Waals surface area contributed by atoms with Crippen LogP contribution in [0.25, 0.3) is 5.70 Å². The van der Waals surface area contributed by atoms with Crippen molar-refractivity contribution in [3.63, 3.8) is 0 Å². The first-order chi connectivity index (χ1) is 14.9. The molecule has 2 aromatic carbocycles. The van der Waals surface area contributed by atoms with E-state index in [2.05, 4.69) is 145 Å². The maximum atomic E-state index is 3.99. The first-order valence-corrected chi connectivity index (χ1v) is 19.3. The Hall–Kier alpha value is -1.63. The van der Waals surface area contributed by atoms with Crippen molar-refractivity contribution in [3.8, 4) is 0 Å². The van der Waals surface area contributed by atoms with Crippen LogP contribution in [0.5, 0.6) is 0 Å². The predicted octanol–water partition coefficient (Wildman–Crippen LogP) is 8.21. The molecule has 0 heterocycles. The van der Waals surface area contributed by atoms with Gasteiger partial charge in [0.15, 0.2) is 0 Å². The minimum Gasteiger partial charge on any atom is -0.410 e. The molecule has 0 radical (unpaired) electrons. The van der Waals surface area contributed by atoms with Crippen LogP contribution in [-0.4, -0.2) is 16.5 Å². The number of hydrogen-bond donors (Lipinski definition) is 2. The predicted molar refractivity (Wildman–Crippen MR) is 154 cm³/mol. The second kappa shape index (κ2) is 9.93. The number of nitrogens with one attached hydrogen (secondary N) is 2. The van der Waals surface area contributed by atoms with Crippen molar-refractivity contribution in [1.29, 1.82) is 0 Å². The molecule has 4 heteroatoms. The molecule has 1 unspecified atom stereocenters. The summed E-state index contributed by atoms with van der Waals surface area (Å²) in [5.74, 6) is 0. The Bertz CT molecular complexity index is 930. The molecule has 0 bridgehead atoms. The van der Waals surface area contributed by atoms with Gasteiger partial charge in [-0.05, 0) is 39.2 Å². The molecule has 0 saturated carbocycles. The topological polar surface area (TPSA) is 24.1 Å². The van der Waals surface area contributed by atoms with E-state index in [1.807, 2.05) is 0 Å². The van der Waals surface area contributed by atoms with E-state index in [1.54, 1.807) is 0 Å². The molecule has 2 aromatic rings. The van der Waals surface area contributed by atoms with Crippen LogP contribution in [-0.2, 0) is 10.8 Å². The highest BCUT2D eigenvalue weighted by Gasteiger charge is 2.23. The smallest absolute Gasteiger partial charge is 0.144 e. The van der Waals surface area contributed by atoms with Crippen LogP contribution in [0.3, 0.4) is 0 Å². The summed E-state index contributed by atoms with van der Waals surface area (Å²) in [4.78, 5) is 7.92. The average molecular weight is 481 g/mol. The molecule has 0 aliphatic carbocycles. The van der Waals surface area contributed by atoms with Crippen molar-refractivity contribution >= 4 is 22.2 Å². The minimum atomic E-state index is -1.55. The molecule has 33 heavy (non-hydrogen) atoms. The summed E-state index contributed by atoms with van der Waals surface area (Å²) in [7, 11) is -3.07. The van der Waals surface area contributed by atoms with Gasteiger partial charge in [0.05, 0.1) is 0 Å². The highest BCUT2D eigenvalue weighted by atomic mass is 28.3. The number of rotatable bonds is 7. The third kappa shape index (κ3) is 8.91. The van der Waals surface area contributed by atoms with Gasteiger partial charge < -0.3 is 9.96 Å². The largest absolute Gasteiger partial charge is 0.410 e. The number of benzene rings is 2. The molecule has 0 spiro atoms. The van der Waals surface area contributed by atoms with Crippen LogP contribution >= 0.6 is 0 Å². The van der Waals surface area contributed by atoms with E-state index in [-0.39, 0.29) is 16.9 Å². The molecule has 2 N–H and O–H groups in total.